The molecule has 2 N–H and O–H groups in total. The molecule has 6 heteroatoms. The molecule has 0 bridgehead atoms. The number of benzene rings is 2. The number of anilines is 1. The van der Waals surface area contributed by atoms with Crippen molar-refractivity contribution in [2.24, 2.45) is 0 Å². The Morgan fingerprint density at radius 1 is 1.14 bits per heavy atom. The van der Waals surface area contributed by atoms with Gasteiger partial charge in [-0.1, -0.05) is 42.5 Å². The van der Waals surface area contributed by atoms with E-state index >= 15 is 0 Å². The highest BCUT2D eigenvalue weighted by atomic mass is 35.5. The fraction of sp³-hybridized carbons (Fsp3) is 0.273. The molecule has 28 heavy (non-hydrogen) atoms. The molecule has 1 saturated heterocycles. The second-order valence-electron chi connectivity index (χ2n) is 6.87. The van der Waals surface area contributed by atoms with E-state index in [1.165, 1.54) is 5.56 Å². The van der Waals surface area contributed by atoms with Gasteiger partial charge >= 0.3 is 0 Å². The first kappa shape index (κ1) is 20.3. The maximum atomic E-state index is 12.6. The van der Waals surface area contributed by atoms with E-state index in [4.69, 9.17) is 0 Å². The fourth-order valence-electron chi connectivity index (χ4n) is 3.71. The maximum absolute atomic E-state index is 12.6. The third-order valence-corrected chi connectivity index (χ3v) is 5.11. The minimum absolute atomic E-state index is 0. The van der Waals surface area contributed by atoms with Crippen LogP contribution in [-0.4, -0.2) is 42.0 Å². The van der Waals surface area contributed by atoms with Gasteiger partial charge in [0.25, 0.3) is 0 Å². The molecule has 4 rings (SSSR count). The molecule has 1 aromatic heterocycles. The van der Waals surface area contributed by atoms with E-state index in [2.05, 4.69) is 38.7 Å². The fourth-order valence-corrected chi connectivity index (χ4v) is 3.71. The van der Waals surface area contributed by atoms with Crippen molar-refractivity contribution in [1.29, 1.82) is 0 Å². The van der Waals surface area contributed by atoms with Crippen molar-refractivity contribution < 1.29 is 4.79 Å². The summed E-state index contributed by atoms with van der Waals surface area (Å²) < 4.78 is 0. The Morgan fingerprint density at radius 2 is 2.00 bits per heavy atom. The first-order valence-corrected chi connectivity index (χ1v) is 9.43. The number of amides is 1. The van der Waals surface area contributed by atoms with Crippen LogP contribution in [0.1, 0.15) is 18.0 Å². The Hall–Kier alpha value is -2.47. The lowest BCUT2D eigenvalue weighted by atomic mass is 10.0. The van der Waals surface area contributed by atoms with Gasteiger partial charge in [0.2, 0.25) is 5.91 Å². The predicted octanol–water partition coefficient (Wildman–Crippen LogP) is 3.63. The summed E-state index contributed by atoms with van der Waals surface area (Å²) in [5.74, 6) is 0.0508. The molecule has 1 amide bonds. The number of hydrogen-bond acceptors (Lipinski definition) is 4. The minimum Gasteiger partial charge on any atom is -0.325 e. The monoisotopic (exact) mass is 396 g/mol. The van der Waals surface area contributed by atoms with Gasteiger partial charge < -0.3 is 10.6 Å². The molecule has 0 aliphatic carbocycles. The van der Waals surface area contributed by atoms with Gasteiger partial charge in [0.15, 0.2) is 0 Å². The van der Waals surface area contributed by atoms with Crippen LogP contribution in [0.3, 0.4) is 0 Å². The summed E-state index contributed by atoms with van der Waals surface area (Å²) in [5, 5.41) is 8.73. The Bertz CT molecular complexity index is 913. The maximum Gasteiger partial charge on any atom is 0.225 e. The number of rotatable bonds is 5. The van der Waals surface area contributed by atoms with Crippen molar-refractivity contribution in [3.05, 3.63) is 72.6 Å². The highest BCUT2D eigenvalue weighted by Gasteiger charge is 2.24. The van der Waals surface area contributed by atoms with Crippen LogP contribution in [0.25, 0.3) is 10.8 Å². The van der Waals surface area contributed by atoms with Crippen LogP contribution in [0.15, 0.2) is 67.0 Å². The smallest absolute Gasteiger partial charge is 0.225 e. The highest BCUT2D eigenvalue weighted by Crippen LogP contribution is 2.24. The number of carbonyl (C=O) groups is 1. The van der Waals surface area contributed by atoms with Crippen molar-refractivity contribution >= 4 is 34.8 Å². The van der Waals surface area contributed by atoms with Gasteiger partial charge in [0.1, 0.15) is 0 Å². The van der Waals surface area contributed by atoms with Gasteiger partial charge in [-0.2, -0.15) is 0 Å². The Kier molecular flexibility index (Phi) is 6.98. The van der Waals surface area contributed by atoms with Crippen molar-refractivity contribution in [2.45, 2.75) is 12.5 Å². The van der Waals surface area contributed by atoms with E-state index in [9.17, 15) is 4.79 Å². The highest BCUT2D eigenvalue weighted by molar-refractivity contribution is 6.02. The van der Waals surface area contributed by atoms with Gasteiger partial charge in [-0.25, -0.2) is 0 Å². The quantitative estimate of drug-likeness (QED) is 0.691. The molecule has 1 atom stereocenters. The van der Waals surface area contributed by atoms with Crippen LogP contribution in [0, 0.1) is 0 Å². The lowest BCUT2D eigenvalue weighted by Gasteiger charge is -2.36. The molecule has 1 aliphatic heterocycles. The second-order valence-corrected chi connectivity index (χ2v) is 6.87. The van der Waals surface area contributed by atoms with Crippen LogP contribution in [0.5, 0.6) is 0 Å². The third kappa shape index (κ3) is 4.68. The predicted molar refractivity (Wildman–Crippen MR) is 116 cm³/mol. The van der Waals surface area contributed by atoms with Crippen LogP contribution in [-0.2, 0) is 4.79 Å². The molecule has 3 aromatic rings. The standard InChI is InChI=1S/C22H24N4O.ClH/c27-22(25-20-9-3-6-17-5-1-2-8-19(17)20)10-13-26-14-12-24-16-21(26)18-7-4-11-23-15-18;/h1-9,11,15,21,24H,10,12-14,16H2,(H,25,27);1H. The van der Waals surface area contributed by atoms with Crippen LogP contribution in [0.4, 0.5) is 5.69 Å². The number of aromatic nitrogens is 1. The molecule has 0 radical (unpaired) electrons. The van der Waals surface area contributed by atoms with Crippen molar-refractivity contribution in [3.8, 4) is 0 Å². The zero-order valence-corrected chi connectivity index (χ0v) is 16.5. The number of pyridine rings is 1. The van der Waals surface area contributed by atoms with E-state index in [0.29, 0.717) is 6.42 Å². The summed E-state index contributed by atoms with van der Waals surface area (Å²) in [6, 6.07) is 18.4. The van der Waals surface area contributed by atoms with Gasteiger partial charge in [-0.3, -0.25) is 14.7 Å². The first-order chi connectivity index (χ1) is 13.3. The lowest BCUT2D eigenvalue weighted by Crippen LogP contribution is -2.46. The Labute approximate surface area is 171 Å². The molecule has 2 aromatic carbocycles. The Morgan fingerprint density at radius 3 is 2.86 bits per heavy atom. The van der Waals surface area contributed by atoms with Gasteiger partial charge in [0, 0.05) is 62.1 Å². The summed E-state index contributed by atoms with van der Waals surface area (Å²) in [7, 11) is 0. The summed E-state index contributed by atoms with van der Waals surface area (Å²) in [6.45, 7) is 3.50. The number of hydrogen-bond donors (Lipinski definition) is 2. The van der Waals surface area contributed by atoms with Gasteiger partial charge in [0.05, 0.1) is 0 Å². The third-order valence-electron chi connectivity index (χ3n) is 5.11. The van der Waals surface area contributed by atoms with Gasteiger partial charge in [-0.05, 0) is 23.1 Å². The minimum atomic E-state index is 0. The largest absolute Gasteiger partial charge is 0.325 e. The Balaban J connectivity index is 0.00000225. The molecule has 2 heterocycles. The lowest BCUT2D eigenvalue weighted by molar-refractivity contribution is -0.116. The van der Waals surface area contributed by atoms with E-state index in [1.807, 2.05) is 42.6 Å². The number of nitrogens with zero attached hydrogens (tertiary/aromatic N) is 2. The molecule has 1 unspecified atom stereocenters. The van der Waals surface area contributed by atoms with E-state index < -0.39 is 0 Å². The molecular formula is C22H25ClN4O. The number of halogens is 1. The van der Waals surface area contributed by atoms with Crippen LogP contribution < -0.4 is 10.6 Å². The summed E-state index contributed by atoms with van der Waals surface area (Å²) in [4.78, 5) is 19.2. The molecule has 146 valence electrons. The van der Waals surface area contributed by atoms with Crippen molar-refractivity contribution in [1.82, 2.24) is 15.2 Å². The van der Waals surface area contributed by atoms with Crippen molar-refractivity contribution in [3.63, 3.8) is 0 Å². The average Bonchev–Trinajstić information content (AvgIpc) is 2.73. The van der Waals surface area contributed by atoms with Crippen LogP contribution >= 0.6 is 12.4 Å². The molecule has 0 saturated carbocycles. The molecule has 1 aliphatic rings. The zero-order chi connectivity index (χ0) is 18.5. The van der Waals surface area contributed by atoms with Crippen LogP contribution in [0.2, 0.25) is 0 Å². The number of carbonyl (C=O) groups excluding carboxylic acids is 1. The van der Waals surface area contributed by atoms with E-state index in [0.717, 1.165) is 42.6 Å². The summed E-state index contributed by atoms with van der Waals surface area (Å²) in [6.07, 6.45) is 4.18. The topological polar surface area (TPSA) is 57.3 Å². The number of fused-ring (bicyclic) bond motifs is 1. The normalized spacial score (nSPS) is 17.1. The molecule has 0 spiro atoms. The zero-order valence-electron chi connectivity index (χ0n) is 15.7. The van der Waals surface area contributed by atoms with Crippen molar-refractivity contribution in [2.75, 3.05) is 31.5 Å². The number of piperazine rings is 1. The average molecular weight is 397 g/mol. The molecular weight excluding hydrogens is 372 g/mol. The molecule has 1 fully saturated rings. The summed E-state index contributed by atoms with van der Waals surface area (Å²) >= 11 is 0. The number of nitrogens with one attached hydrogen (secondary N) is 2. The van der Waals surface area contributed by atoms with E-state index in [-0.39, 0.29) is 24.4 Å². The van der Waals surface area contributed by atoms with E-state index in [1.54, 1.807) is 6.20 Å². The second kappa shape index (κ2) is 9.64. The van der Waals surface area contributed by atoms with Gasteiger partial charge in [-0.15, -0.1) is 12.4 Å². The first-order valence-electron chi connectivity index (χ1n) is 9.43. The summed E-state index contributed by atoms with van der Waals surface area (Å²) in [5.41, 5.74) is 2.07. The molecule has 5 nitrogen and oxygen atoms in total. The SMILES string of the molecule is Cl.O=C(CCN1CCNCC1c1cccnc1)Nc1cccc2ccccc12.